The molecule has 11 rings (SSSR count). The number of hydrogen-bond donors (Lipinski definition) is 0. The lowest BCUT2D eigenvalue weighted by atomic mass is 9.81. The number of rotatable bonds is 2. The summed E-state index contributed by atoms with van der Waals surface area (Å²) in [5, 5.41) is 12.7. The molecule has 1 nitrogen and oxygen atoms in total. The minimum absolute atomic E-state index is 0.133. The van der Waals surface area contributed by atoms with Crippen LogP contribution in [0.4, 0.5) is 0 Å². The third-order valence-electron chi connectivity index (χ3n) is 11.2. The molecule has 0 aliphatic heterocycles. The molecule has 0 fully saturated rings. The van der Waals surface area contributed by atoms with Crippen LogP contribution >= 0.6 is 0 Å². The molecule has 224 valence electrons. The van der Waals surface area contributed by atoms with E-state index in [1.807, 2.05) is 0 Å². The summed E-state index contributed by atoms with van der Waals surface area (Å²) in [7, 11) is 0. The minimum atomic E-state index is -0.133. The van der Waals surface area contributed by atoms with Gasteiger partial charge in [0, 0.05) is 16.2 Å². The Balaban J connectivity index is 1.18. The zero-order valence-corrected chi connectivity index (χ0v) is 26.8. The molecule has 9 aromatic carbocycles. The van der Waals surface area contributed by atoms with Crippen LogP contribution in [-0.2, 0) is 5.41 Å². The van der Waals surface area contributed by atoms with Gasteiger partial charge in [0.1, 0.15) is 11.2 Å². The lowest BCUT2D eigenvalue weighted by Crippen LogP contribution is -2.14. The van der Waals surface area contributed by atoms with E-state index in [1.54, 1.807) is 0 Å². The van der Waals surface area contributed by atoms with Crippen LogP contribution in [0, 0.1) is 0 Å². The molecule has 0 unspecified atom stereocenters. The first-order chi connectivity index (χ1) is 23.5. The second-order valence-electron chi connectivity index (χ2n) is 14.1. The quantitative estimate of drug-likeness (QED) is 0.178. The van der Waals surface area contributed by atoms with Gasteiger partial charge in [0.05, 0.1) is 0 Å². The maximum Gasteiger partial charge on any atom is 0.136 e. The van der Waals surface area contributed by atoms with Crippen LogP contribution in [0.15, 0.2) is 150 Å². The average molecular weight is 611 g/mol. The van der Waals surface area contributed by atoms with Gasteiger partial charge in [0.15, 0.2) is 0 Å². The van der Waals surface area contributed by atoms with Crippen LogP contribution in [0.5, 0.6) is 0 Å². The Hall–Kier alpha value is -5.92. The molecular weight excluding hydrogens is 581 g/mol. The van der Waals surface area contributed by atoms with Crippen LogP contribution in [-0.4, -0.2) is 0 Å². The molecule has 1 aliphatic carbocycles. The van der Waals surface area contributed by atoms with Crippen LogP contribution in [0.3, 0.4) is 0 Å². The van der Waals surface area contributed by atoms with Crippen molar-refractivity contribution in [2.75, 3.05) is 0 Å². The first-order valence-electron chi connectivity index (χ1n) is 16.8. The fourth-order valence-corrected chi connectivity index (χ4v) is 8.87. The van der Waals surface area contributed by atoms with Crippen molar-refractivity contribution < 1.29 is 4.42 Å². The van der Waals surface area contributed by atoms with Crippen LogP contribution in [0.1, 0.15) is 25.0 Å². The highest BCUT2D eigenvalue weighted by Crippen LogP contribution is 2.55. The lowest BCUT2D eigenvalue weighted by molar-refractivity contribution is 0.658. The Morgan fingerprint density at radius 3 is 1.92 bits per heavy atom. The van der Waals surface area contributed by atoms with E-state index >= 15 is 0 Å². The first kappa shape index (κ1) is 26.2. The van der Waals surface area contributed by atoms with Gasteiger partial charge in [-0.1, -0.05) is 135 Å². The van der Waals surface area contributed by atoms with Gasteiger partial charge < -0.3 is 4.42 Å². The second-order valence-corrected chi connectivity index (χ2v) is 14.1. The summed E-state index contributed by atoms with van der Waals surface area (Å²) in [5.74, 6) is 0. The number of benzene rings is 9. The molecule has 1 heteroatoms. The average Bonchev–Trinajstić information content (AvgIpc) is 3.60. The zero-order valence-electron chi connectivity index (χ0n) is 26.8. The van der Waals surface area contributed by atoms with E-state index < -0.39 is 0 Å². The van der Waals surface area contributed by atoms with E-state index in [9.17, 15) is 0 Å². The summed E-state index contributed by atoms with van der Waals surface area (Å²) in [4.78, 5) is 0. The summed E-state index contributed by atoms with van der Waals surface area (Å²) in [6, 6.07) is 54.0. The van der Waals surface area contributed by atoms with Crippen molar-refractivity contribution in [3.63, 3.8) is 0 Å². The highest BCUT2D eigenvalue weighted by Gasteiger charge is 2.38. The topological polar surface area (TPSA) is 13.1 Å². The maximum atomic E-state index is 6.43. The van der Waals surface area contributed by atoms with E-state index in [2.05, 4.69) is 159 Å². The molecule has 1 heterocycles. The smallest absolute Gasteiger partial charge is 0.136 e. The van der Waals surface area contributed by atoms with Gasteiger partial charge in [-0.3, -0.25) is 0 Å². The summed E-state index contributed by atoms with van der Waals surface area (Å²) < 4.78 is 6.43. The number of fused-ring (bicyclic) bond motifs is 7. The van der Waals surface area contributed by atoms with E-state index in [4.69, 9.17) is 4.42 Å². The molecule has 0 spiro atoms. The molecular formula is C47H30O. The van der Waals surface area contributed by atoms with Gasteiger partial charge in [-0.05, 0) is 112 Å². The fourth-order valence-electron chi connectivity index (χ4n) is 8.87. The van der Waals surface area contributed by atoms with Crippen LogP contribution in [0.2, 0.25) is 0 Å². The molecule has 10 aromatic rings. The molecule has 0 bridgehead atoms. The van der Waals surface area contributed by atoms with E-state index in [0.29, 0.717) is 0 Å². The van der Waals surface area contributed by atoms with Crippen LogP contribution in [0.25, 0.3) is 98.4 Å². The Labute approximate surface area is 278 Å². The summed E-state index contributed by atoms with van der Waals surface area (Å²) in [5.41, 5.74) is 12.2. The van der Waals surface area contributed by atoms with Crippen molar-refractivity contribution in [3.05, 3.63) is 157 Å². The summed E-state index contributed by atoms with van der Waals surface area (Å²) in [6.07, 6.45) is 0. The highest BCUT2D eigenvalue weighted by atomic mass is 16.3. The van der Waals surface area contributed by atoms with Crippen LogP contribution < -0.4 is 0 Å². The minimum Gasteiger partial charge on any atom is -0.456 e. The highest BCUT2D eigenvalue weighted by molar-refractivity contribution is 6.28. The SMILES string of the molecule is CC1(C)c2cc3c(cc2-c2c(-c4ccc5ccc6c(-c7ccc8ccccc8c7)ccc7ccc4c5c76)cccc21)oc1ccccc13. The molecule has 1 aromatic heterocycles. The fraction of sp³-hybridized carbons (Fsp3) is 0.0638. The number of furan rings is 1. The molecule has 48 heavy (non-hydrogen) atoms. The summed E-state index contributed by atoms with van der Waals surface area (Å²) in [6.45, 7) is 4.74. The summed E-state index contributed by atoms with van der Waals surface area (Å²) >= 11 is 0. The van der Waals surface area contributed by atoms with Crippen molar-refractivity contribution >= 4 is 65.0 Å². The number of hydrogen-bond acceptors (Lipinski definition) is 1. The monoisotopic (exact) mass is 610 g/mol. The molecule has 0 atom stereocenters. The van der Waals surface area contributed by atoms with E-state index in [0.717, 1.165) is 11.2 Å². The zero-order chi connectivity index (χ0) is 31.7. The predicted molar refractivity (Wildman–Crippen MR) is 203 cm³/mol. The Morgan fingerprint density at radius 1 is 0.396 bits per heavy atom. The van der Waals surface area contributed by atoms with E-state index in [-0.39, 0.29) is 5.41 Å². The molecule has 0 N–H and O–H groups in total. The third kappa shape index (κ3) is 3.35. The third-order valence-corrected chi connectivity index (χ3v) is 11.2. The standard InChI is InChI=1S/C47H30O/c1-47(2)40-12-7-11-35(46(40)39-26-43-38(25-41(39)47)34-10-5-6-13-42(34)48-43)33-21-17-29-18-22-36-32(20-16-28-19-23-37(33)45(29)44(28)36)31-15-14-27-8-3-4-9-30(27)24-31/h3-26H,1-2H3. The largest absolute Gasteiger partial charge is 0.456 e. The van der Waals surface area contributed by atoms with Crippen molar-refractivity contribution in [1.29, 1.82) is 0 Å². The van der Waals surface area contributed by atoms with Crippen molar-refractivity contribution in [3.8, 4) is 33.4 Å². The molecule has 0 saturated heterocycles. The first-order valence-corrected chi connectivity index (χ1v) is 16.8. The van der Waals surface area contributed by atoms with Crippen molar-refractivity contribution in [1.82, 2.24) is 0 Å². The Bertz CT molecular complexity index is 2970. The lowest BCUT2D eigenvalue weighted by Gasteiger charge is -2.22. The number of para-hydroxylation sites is 1. The van der Waals surface area contributed by atoms with Gasteiger partial charge >= 0.3 is 0 Å². The maximum absolute atomic E-state index is 6.43. The van der Waals surface area contributed by atoms with Crippen molar-refractivity contribution in [2.24, 2.45) is 0 Å². The second kappa shape index (κ2) is 9.12. The van der Waals surface area contributed by atoms with Gasteiger partial charge in [0.25, 0.3) is 0 Å². The molecule has 0 saturated carbocycles. The molecule has 1 aliphatic rings. The molecule has 0 amide bonds. The van der Waals surface area contributed by atoms with E-state index in [1.165, 1.54) is 98.4 Å². The van der Waals surface area contributed by atoms with Gasteiger partial charge in [-0.2, -0.15) is 0 Å². The Morgan fingerprint density at radius 2 is 1.08 bits per heavy atom. The van der Waals surface area contributed by atoms with Gasteiger partial charge in [0.2, 0.25) is 0 Å². The van der Waals surface area contributed by atoms with Crippen molar-refractivity contribution in [2.45, 2.75) is 19.3 Å². The van der Waals surface area contributed by atoms with Gasteiger partial charge in [-0.25, -0.2) is 0 Å². The Kier molecular flexibility index (Phi) is 4.97. The molecule has 0 radical (unpaired) electrons. The normalized spacial score (nSPS) is 13.8. The van der Waals surface area contributed by atoms with Gasteiger partial charge in [-0.15, -0.1) is 0 Å². The predicted octanol–water partition coefficient (Wildman–Crippen LogP) is 13.3.